The van der Waals surface area contributed by atoms with Crippen molar-refractivity contribution in [2.24, 2.45) is 0 Å². The normalized spacial score (nSPS) is 15.4. The summed E-state index contributed by atoms with van der Waals surface area (Å²) in [6.45, 7) is 5.29. The summed E-state index contributed by atoms with van der Waals surface area (Å²) in [5, 5.41) is 0. The fraction of sp³-hybridized carbons (Fsp3) is 0.312. The monoisotopic (exact) mass is 238 g/mol. The summed E-state index contributed by atoms with van der Waals surface area (Å²) in [5.74, 6) is 0. The van der Waals surface area contributed by atoms with E-state index >= 15 is 0 Å². The van der Waals surface area contributed by atoms with Gasteiger partial charge in [0.05, 0.1) is 0 Å². The first-order valence-electron chi connectivity index (χ1n) is 6.52. The van der Waals surface area contributed by atoms with Crippen molar-refractivity contribution < 1.29 is 0 Å². The molecular weight excluding hydrogens is 220 g/mol. The zero-order valence-corrected chi connectivity index (χ0v) is 10.8. The molecule has 0 saturated heterocycles. The predicted molar refractivity (Wildman–Crippen MR) is 73.2 cm³/mol. The van der Waals surface area contributed by atoms with E-state index < -0.39 is 0 Å². The van der Waals surface area contributed by atoms with Gasteiger partial charge in [-0.15, -0.1) is 0 Å². The molecule has 0 unspecified atom stereocenters. The summed E-state index contributed by atoms with van der Waals surface area (Å²) in [6.07, 6.45) is 3.05. The van der Waals surface area contributed by atoms with Crippen molar-refractivity contribution in [1.82, 2.24) is 9.88 Å². The van der Waals surface area contributed by atoms with Gasteiger partial charge in [0.1, 0.15) is 0 Å². The van der Waals surface area contributed by atoms with Crippen LogP contribution in [0.1, 0.15) is 22.4 Å². The lowest BCUT2D eigenvalue weighted by Gasteiger charge is -2.28. The number of hydrogen-bond acceptors (Lipinski definition) is 2. The molecule has 2 heteroatoms. The van der Waals surface area contributed by atoms with E-state index in [2.05, 4.69) is 53.2 Å². The van der Waals surface area contributed by atoms with Crippen LogP contribution in [0.4, 0.5) is 0 Å². The average Bonchev–Trinajstić information content (AvgIpc) is 2.39. The maximum Gasteiger partial charge on any atom is 0.0461 e. The van der Waals surface area contributed by atoms with E-state index in [1.165, 1.54) is 22.4 Å². The number of pyridine rings is 1. The Bertz CT molecular complexity index is 534. The van der Waals surface area contributed by atoms with Crippen molar-refractivity contribution in [2.45, 2.75) is 26.4 Å². The zero-order chi connectivity index (χ0) is 12.4. The molecule has 0 bridgehead atoms. The molecule has 2 aromatic rings. The van der Waals surface area contributed by atoms with Gasteiger partial charge in [0.2, 0.25) is 0 Å². The number of nitrogens with zero attached hydrogens (tertiary/aromatic N) is 2. The fourth-order valence-electron chi connectivity index (χ4n) is 2.58. The first kappa shape index (κ1) is 11.4. The van der Waals surface area contributed by atoms with Crippen LogP contribution >= 0.6 is 0 Å². The maximum absolute atomic E-state index is 4.53. The van der Waals surface area contributed by atoms with Gasteiger partial charge in [0.25, 0.3) is 0 Å². The molecule has 0 spiro atoms. The first-order chi connectivity index (χ1) is 8.81. The minimum Gasteiger partial charge on any atom is -0.294 e. The van der Waals surface area contributed by atoms with Crippen LogP contribution in [0.15, 0.2) is 42.6 Å². The Labute approximate surface area is 108 Å². The van der Waals surface area contributed by atoms with Gasteiger partial charge in [-0.3, -0.25) is 9.88 Å². The Morgan fingerprint density at radius 2 is 2.06 bits per heavy atom. The van der Waals surface area contributed by atoms with Crippen LogP contribution in [-0.4, -0.2) is 16.4 Å². The number of benzene rings is 1. The molecule has 2 nitrogen and oxygen atoms in total. The Hall–Kier alpha value is -1.67. The van der Waals surface area contributed by atoms with E-state index in [4.69, 9.17) is 0 Å². The van der Waals surface area contributed by atoms with Gasteiger partial charge >= 0.3 is 0 Å². The zero-order valence-electron chi connectivity index (χ0n) is 10.8. The summed E-state index contributed by atoms with van der Waals surface area (Å²) in [6, 6.07) is 13.0. The Balaban J connectivity index is 1.75. The molecule has 1 aliphatic heterocycles. The largest absolute Gasteiger partial charge is 0.294 e. The number of rotatable bonds is 2. The summed E-state index contributed by atoms with van der Waals surface area (Å²) in [5.41, 5.74) is 5.33. The number of aromatic nitrogens is 1. The molecule has 0 amide bonds. The molecule has 0 N–H and O–H groups in total. The van der Waals surface area contributed by atoms with Crippen molar-refractivity contribution in [3.63, 3.8) is 0 Å². The molecule has 92 valence electrons. The Morgan fingerprint density at radius 1 is 1.22 bits per heavy atom. The Morgan fingerprint density at radius 3 is 2.89 bits per heavy atom. The number of hydrogen-bond donors (Lipinski definition) is 0. The van der Waals surface area contributed by atoms with E-state index in [9.17, 15) is 0 Å². The summed E-state index contributed by atoms with van der Waals surface area (Å²) in [4.78, 5) is 7.03. The van der Waals surface area contributed by atoms with Gasteiger partial charge in [-0.25, -0.2) is 0 Å². The van der Waals surface area contributed by atoms with Crippen LogP contribution in [0.25, 0.3) is 0 Å². The number of fused-ring (bicyclic) bond motifs is 1. The molecule has 18 heavy (non-hydrogen) atoms. The molecule has 1 aromatic carbocycles. The van der Waals surface area contributed by atoms with Crippen LogP contribution < -0.4 is 0 Å². The van der Waals surface area contributed by atoms with Crippen molar-refractivity contribution in [1.29, 1.82) is 0 Å². The molecule has 0 fully saturated rings. The van der Waals surface area contributed by atoms with Crippen molar-refractivity contribution in [3.8, 4) is 0 Å². The van der Waals surface area contributed by atoms with Gasteiger partial charge in [0, 0.05) is 37.9 Å². The van der Waals surface area contributed by atoms with Crippen LogP contribution in [0.3, 0.4) is 0 Å². The molecular formula is C16H18N2. The topological polar surface area (TPSA) is 16.1 Å². The lowest BCUT2D eigenvalue weighted by molar-refractivity contribution is 0.243. The van der Waals surface area contributed by atoms with Crippen LogP contribution in [0.2, 0.25) is 0 Å². The minimum atomic E-state index is 1.03. The van der Waals surface area contributed by atoms with Gasteiger partial charge < -0.3 is 0 Å². The molecule has 1 aromatic heterocycles. The lowest BCUT2D eigenvalue weighted by Crippen LogP contribution is -2.30. The Kier molecular flexibility index (Phi) is 3.11. The van der Waals surface area contributed by atoms with E-state index in [-0.39, 0.29) is 0 Å². The maximum atomic E-state index is 4.53. The highest BCUT2D eigenvalue weighted by atomic mass is 15.1. The second-order valence-corrected chi connectivity index (χ2v) is 5.06. The smallest absolute Gasteiger partial charge is 0.0461 e. The molecule has 2 heterocycles. The van der Waals surface area contributed by atoms with Gasteiger partial charge in [-0.2, -0.15) is 0 Å². The molecule has 0 radical (unpaired) electrons. The van der Waals surface area contributed by atoms with Gasteiger partial charge in [-0.1, -0.05) is 36.4 Å². The predicted octanol–water partition coefficient (Wildman–Crippen LogP) is 2.95. The van der Waals surface area contributed by atoms with Crippen molar-refractivity contribution >= 4 is 0 Å². The average molecular weight is 238 g/mol. The highest BCUT2D eigenvalue weighted by molar-refractivity contribution is 5.27. The van der Waals surface area contributed by atoms with E-state index in [1.54, 1.807) is 0 Å². The summed E-state index contributed by atoms with van der Waals surface area (Å²) >= 11 is 0. The van der Waals surface area contributed by atoms with Gasteiger partial charge in [0.15, 0.2) is 0 Å². The molecule has 3 rings (SSSR count). The van der Waals surface area contributed by atoms with E-state index in [0.29, 0.717) is 0 Å². The van der Waals surface area contributed by atoms with Crippen LogP contribution in [-0.2, 0) is 19.5 Å². The summed E-state index contributed by atoms with van der Waals surface area (Å²) in [7, 11) is 0. The molecule has 0 atom stereocenters. The number of aryl methyl sites for hydroxylation is 1. The van der Waals surface area contributed by atoms with Crippen molar-refractivity contribution in [3.05, 3.63) is 65.0 Å². The first-order valence-corrected chi connectivity index (χ1v) is 6.52. The van der Waals surface area contributed by atoms with Crippen LogP contribution in [0.5, 0.6) is 0 Å². The summed E-state index contributed by atoms with van der Waals surface area (Å²) < 4.78 is 0. The molecule has 1 aliphatic rings. The minimum absolute atomic E-state index is 1.03. The second kappa shape index (κ2) is 4.91. The van der Waals surface area contributed by atoms with E-state index in [0.717, 1.165) is 26.1 Å². The highest BCUT2D eigenvalue weighted by Gasteiger charge is 2.17. The van der Waals surface area contributed by atoms with E-state index in [1.807, 2.05) is 6.20 Å². The molecule has 0 aliphatic carbocycles. The van der Waals surface area contributed by atoms with Crippen LogP contribution in [0, 0.1) is 6.92 Å². The highest BCUT2D eigenvalue weighted by Crippen LogP contribution is 2.19. The molecule has 0 saturated carbocycles. The lowest BCUT2D eigenvalue weighted by atomic mass is 10.0. The third kappa shape index (κ3) is 2.44. The van der Waals surface area contributed by atoms with Crippen molar-refractivity contribution in [2.75, 3.05) is 6.54 Å². The second-order valence-electron chi connectivity index (χ2n) is 5.06. The third-order valence-electron chi connectivity index (χ3n) is 3.50. The SMILES string of the molecule is Cc1cnc2c(c1)CN(Cc1ccccc1)CC2. The standard InChI is InChI=1S/C16H18N2/c1-13-9-15-12-18(8-7-16(15)17-10-13)11-14-5-3-2-4-6-14/h2-6,9-10H,7-8,11-12H2,1H3. The van der Waals surface area contributed by atoms with Gasteiger partial charge in [-0.05, 0) is 23.6 Å². The fourth-order valence-corrected chi connectivity index (χ4v) is 2.58. The third-order valence-corrected chi connectivity index (χ3v) is 3.50. The quantitative estimate of drug-likeness (QED) is 0.799.